The van der Waals surface area contributed by atoms with Gasteiger partial charge in [0.2, 0.25) is 0 Å². The molecule has 0 fully saturated rings. The minimum Gasteiger partial charge on any atom is -0.308 e. The van der Waals surface area contributed by atoms with Gasteiger partial charge < -0.3 is 10.9 Å². The maximum atomic E-state index is 3.59. The average molecular weight is 82.1 g/mol. The van der Waals surface area contributed by atoms with Gasteiger partial charge in [-0.15, -0.1) is 0 Å². The fourth-order valence-corrected chi connectivity index (χ4v) is 0.318. The lowest BCUT2D eigenvalue weighted by Gasteiger charge is -1.90. The first-order valence-corrected chi connectivity index (χ1v) is 1.76. The van der Waals surface area contributed by atoms with Gasteiger partial charge in [-0.3, -0.25) is 0 Å². The molecule has 0 aromatic carbocycles. The Hall–Kier alpha value is -0.920. The number of allylic oxidation sites excluding steroid dienone is 1. The van der Waals surface area contributed by atoms with E-state index in [1.54, 1.807) is 6.20 Å². The van der Waals surface area contributed by atoms with E-state index in [1.807, 2.05) is 6.08 Å². The minimum atomic E-state index is 0.912. The molecule has 0 aromatic rings. The highest BCUT2D eigenvalue weighted by molar-refractivity contribution is 5.15. The molecule has 1 heterocycles. The van der Waals surface area contributed by atoms with Crippen molar-refractivity contribution in [1.29, 1.82) is 0 Å². The summed E-state index contributed by atoms with van der Waals surface area (Å²) in [5, 5.41) is 0. The number of hydrogen-bond acceptors (Lipinski definition) is 2. The topological polar surface area (TPSA) is 24.1 Å². The molecule has 2 nitrogen and oxygen atoms in total. The normalized spacial score (nSPS) is 17.0. The molecular formula is C4H6N2. The number of nitrogens with one attached hydrogen (secondary N) is 2. The second kappa shape index (κ2) is 1.05. The lowest BCUT2D eigenvalue weighted by Crippen LogP contribution is -2.17. The molecule has 32 valence electrons. The molecule has 0 spiro atoms. The molecule has 2 heteroatoms. The van der Waals surface area contributed by atoms with Gasteiger partial charge in [-0.2, -0.15) is 0 Å². The van der Waals surface area contributed by atoms with Crippen LogP contribution in [-0.2, 0) is 0 Å². The molecule has 0 aromatic heterocycles. The molecule has 0 aliphatic carbocycles. The van der Waals surface area contributed by atoms with Crippen molar-refractivity contribution < 1.29 is 0 Å². The lowest BCUT2D eigenvalue weighted by atomic mass is 10.5. The van der Waals surface area contributed by atoms with Crippen molar-refractivity contribution in [1.82, 2.24) is 10.9 Å². The quantitative estimate of drug-likeness (QED) is 0.433. The Morgan fingerprint density at radius 3 is 2.67 bits per heavy atom. The summed E-state index contributed by atoms with van der Waals surface area (Å²) < 4.78 is 0. The van der Waals surface area contributed by atoms with Gasteiger partial charge in [0.25, 0.3) is 0 Å². The van der Waals surface area contributed by atoms with Crippen LogP contribution in [0.25, 0.3) is 0 Å². The molecular weight excluding hydrogens is 76.1 g/mol. The predicted octanol–water partition coefficient (Wildman–Crippen LogP) is 0.122. The third kappa shape index (κ3) is 0.360. The summed E-state index contributed by atoms with van der Waals surface area (Å²) in [6.07, 6.45) is 3.66. The molecule has 0 saturated carbocycles. The van der Waals surface area contributed by atoms with E-state index in [1.165, 1.54) is 0 Å². The molecule has 0 bridgehead atoms. The molecule has 0 unspecified atom stereocenters. The van der Waals surface area contributed by atoms with E-state index in [9.17, 15) is 0 Å². The summed E-state index contributed by atoms with van der Waals surface area (Å²) in [4.78, 5) is 0. The number of hydrazine groups is 1. The first-order chi connectivity index (χ1) is 2.89. The summed E-state index contributed by atoms with van der Waals surface area (Å²) >= 11 is 0. The van der Waals surface area contributed by atoms with E-state index < -0.39 is 0 Å². The third-order valence-electron chi connectivity index (χ3n) is 0.601. The summed E-state index contributed by atoms with van der Waals surface area (Å²) in [5.74, 6) is 0. The molecule has 2 N–H and O–H groups in total. The second-order valence-corrected chi connectivity index (χ2v) is 1.13. The van der Waals surface area contributed by atoms with Crippen molar-refractivity contribution in [2.75, 3.05) is 0 Å². The van der Waals surface area contributed by atoms with Crippen molar-refractivity contribution in [2.45, 2.75) is 0 Å². The first kappa shape index (κ1) is 3.28. The van der Waals surface area contributed by atoms with Gasteiger partial charge in [-0.1, -0.05) is 6.58 Å². The van der Waals surface area contributed by atoms with Crippen LogP contribution < -0.4 is 10.9 Å². The van der Waals surface area contributed by atoms with Crippen molar-refractivity contribution in [3.8, 4) is 0 Å². The highest BCUT2D eigenvalue weighted by Gasteiger charge is 1.86. The van der Waals surface area contributed by atoms with Crippen LogP contribution >= 0.6 is 0 Å². The van der Waals surface area contributed by atoms with Crippen LogP contribution in [0.4, 0.5) is 0 Å². The van der Waals surface area contributed by atoms with Crippen molar-refractivity contribution in [2.24, 2.45) is 0 Å². The maximum absolute atomic E-state index is 3.59. The van der Waals surface area contributed by atoms with Gasteiger partial charge in [0.1, 0.15) is 0 Å². The zero-order valence-electron chi connectivity index (χ0n) is 3.36. The van der Waals surface area contributed by atoms with Crippen LogP contribution in [0.5, 0.6) is 0 Å². The zero-order valence-corrected chi connectivity index (χ0v) is 3.36. The molecule has 0 saturated heterocycles. The minimum absolute atomic E-state index is 0.912. The summed E-state index contributed by atoms with van der Waals surface area (Å²) in [5.41, 5.74) is 6.42. The Bertz CT molecular complexity index is 93.7. The Balaban J connectivity index is 2.59. The van der Waals surface area contributed by atoms with Crippen molar-refractivity contribution in [3.63, 3.8) is 0 Å². The monoisotopic (exact) mass is 82.1 g/mol. The lowest BCUT2D eigenvalue weighted by molar-refractivity contribution is 0.789. The molecule has 0 radical (unpaired) electrons. The van der Waals surface area contributed by atoms with Crippen LogP contribution in [0.3, 0.4) is 0 Å². The highest BCUT2D eigenvalue weighted by Crippen LogP contribution is 1.86. The van der Waals surface area contributed by atoms with Crippen LogP contribution in [-0.4, -0.2) is 0 Å². The van der Waals surface area contributed by atoms with E-state index in [0.29, 0.717) is 0 Å². The van der Waals surface area contributed by atoms with E-state index in [4.69, 9.17) is 0 Å². The highest BCUT2D eigenvalue weighted by atomic mass is 15.4. The van der Waals surface area contributed by atoms with Gasteiger partial charge >= 0.3 is 0 Å². The van der Waals surface area contributed by atoms with E-state index in [-0.39, 0.29) is 0 Å². The Labute approximate surface area is 36.5 Å². The third-order valence-corrected chi connectivity index (χ3v) is 0.601. The van der Waals surface area contributed by atoms with Crippen LogP contribution in [0.2, 0.25) is 0 Å². The van der Waals surface area contributed by atoms with Crippen LogP contribution in [0.1, 0.15) is 0 Å². The van der Waals surface area contributed by atoms with Gasteiger partial charge in [0, 0.05) is 11.9 Å². The van der Waals surface area contributed by atoms with Crippen LogP contribution in [0, 0.1) is 0 Å². The number of hydrogen-bond donors (Lipinski definition) is 2. The molecule has 1 rings (SSSR count). The van der Waals surface area contributed by atoms with Gasteiger partial charge in [-0.25, -0.2) is 0 Å². The fourth-order valence-electron chi connectivity index (χ4n) is 0.318. The predicted molar refractivity (Wildman–Crippen MR) is 24.6 cm³/mol. The maximum Gasteiger partial charge on any atom is 0.0482 e. The first-order valence-electron chi connectivity index (χ1n) is 1.76. The zero-order chi connectivity index (χ0) is 4.41. The van der Waals surface area contributed by atoms with Gasteiger partial charge in [-0.05, 0) is 6.08 Å². The Morgan fingerprint density at radius 1 is 1.67 bits per heavy atom. The fraction of sp³-hybridized carbons (Fsp3) is 0. The standard InChI is InChI=1S/C4H6N2/c1-4-2-3-5-6-4/h2-3,5-6H,1H2. The number of rotatable bonds is 0. The molecule has 0 amide bonds. The molecule has 1 aliphatic heterocycles. The molecule has 1 aliphatic rings. The van der Waals surface area contributed by atoms with Crippen molar-refractivity contribution in [3.05, 3.63) is 24.6 Å². The summed E-state index contributed by atoms with van der Waals surface area (Å²) in [6, 6.07) is 0. The van der Waals surface area contributed by atoms with Crippen molar-refractivity contribution >= 4 is 0 Å². The Morgan fingerprint density at radius 2 is 2.50 bits per heavy atom. The Kier molecular flexibility index (Phi) is 0.572. The summed E-state index contributed by atoms with van der Waals surface area (Å²) in [7, 11) is 0. The average Bonchev–Trinajstić information content (AvgIpc) is 1.86. The largest absolute Gasteiger partial charge is 0.308 e. The second-order valence-electron chi connectivity index (χ2n) is 1.13. The van der Waals surface area contributed by atoms with Gasteiger partial charge in [0.05, 0.1) is 0 Å². The van der Waals surface area contributed by atoms with Gasteiger partial charge in [0.15, 0.2) is 0 Å². The molecule has 0 atom stereocenters. The van der Waals surface area contributed by atoms with E-state index in [2.05, 4.69) is 17.4 Å². The summed E-state index contributed by atoms with van der Waals surface area (Å²) in [6.45, 7) is 3.59. The van der Waals surface area contributed by atoms with Crippen LogP contribution in [0.15, 0.2) is 24.6 Å². The van der Waals surface area contributed by atoms with E-state index >= 15 is 0 Å². The molecule has 6 heavy (non-hydrogen) atoms. The van der Waals surface area contributed by atoms with E-state index in [0.717, 1.165) is 5.70 Å². The SMILES string of the molecule is C=C1C=CNN1. The smallest absolute Gasteiger partial charge is 0.0482 e.